The van der Waals surface area contributed by atoms with E-state index < -0.39 is 0 Å². The molecule has 2 aromatic heterocycles. The van der Waals surface area contributed by atoms with Gasteiger partial charge in [0.15, 0.2) is 11.5 Å². The fourth-order valence-corrected chi connectivity index (χ4v) is 1.98. The maximum absolute atomic E-state index is 5.34. The standard InChI is InChI=1S/C11H14N4O2/c1-16-9-8-15-3-2-12-10(11(15)13-9)14-4-6-17-7-5-14/h2-3,8H,4-7H2,1H3. The Kier molecular flexibility index (Phi) is 2.56. The van der Waals surface area contributed by atoms with Crippen LogP contribution < -0.4 is 9.64 Å². The summed E-state index contributed by atoms with van der Waals surface area (Å²) in [5, 5.41) is 0. The lowest BCUT2D eigenvalue weighted by Gasteiger charge is -2.27. The summed E-state index contributed by atoms with van der Waals surface area (Å²) >= 11 is 0. The van der Waals surface area contributed by atoms with Crippen molar-refractivity contribution in [3.8, 4) is 5.88 Å². The number of aromatic nitrogens is 3. The van der Waals surface area contributed by atoms with E-state index in [0.717, 1.165) is 37.8 Å². The first-order chi connectivity index (χ1) is 8.38. The van der Waals surface area contributed by atoms with Gasteiger partial charge in [0.25, 0.3) is 0 Å². The van der Waals surface area contributed by atoms with Crippen LogP contribution >= 0.6 is 0 Å². The Bertz CT molecular complexity index is 519. The van der Waals surface area contributed by atoms with Crippen LogP contribution in [0, 0.1) is 0 Å². The second-order valence-corrected chi connectivity index (χ2v) is 3.86. The Hall–Kier alpha value is -1.82. The third kappa shape index (κ3) is 1.80. The average molecular weight is 234 g/mol. The Balaban J connectivity index is 2.05. The molecule has 1 aliphatic rings. The summed E-state index contributed by atoms with van der Waals surface area (Å²) in [6.07, 6.45) is 5.49. The number of anilines is 1. The summed E-state index contributed by atoms with van der Waals surface area (Å²) in [6, 6.07) is 0. The third-order valence-electron chi connectivity index (χ3n) is 2.85. The van der Waals surface area contributed by atoms with Gasteiger partial charge in [-0.25, -0.2) is 4.98 Å². The van der Waals surface area contributed by atoms with E-state index in [1.807, 2.05) is 16.8 Å². The van der Waals surface area contributed by atoms with Crippen LogP contribution in [0.25, 0.3) is 5.65 Å². The molecule has 1 fully saturated rings. The Labute approximate surface area is 98.8 Å². The maximum atomic E-state index is 5.34. The first kappa shape index (κ1) is 10.3. The van der Waals surface area contributed by atoms with Gasteiger partial charge in [-0.2, -0.15) is 4.98 Å². The topological polar surface area (TPSA) is 51.9 Å². The monoisotopic (exact) mass is 234 g/mol. The van der Waals surface area contributed by atoms with Crippen molar-refractivity contribution < 1.29 is 9.47 Å². The van der Waals surface area contributed by atoms with Crippen molar-refractivity contribution in [1.29, 1.82) is 0 Å². The number of methoxy groups -OCH3 is 1. The summed E-state index contributed by atoms with van der Waals surface area (Å²) in [7, 11) is 1.61. The van der Waals surface area contributed by atoms with E-state index in [1.165, 1.54) is 0 Å². The number of fused-ring (bicyclic) bond motifs is 1. The van der Waals surface area contributed by atoms with Crippen LogP contribution in [-0.4, -0.2) is 47.8 Å². The van der Waals surface area contributed by atoms with E-state index in [4.69, 9.17) is 9.47 Å². The van der Waals surface area contributed by atoms with Gasteiger partial charge in [-0.3, -0.25) is 4.40 Å². The maximum Gasteiger partial charge on any atom is 0.232 e. The van der Waals surface area contributed by atoms with Crippen molar-refractivity contribution in [2.45, 2.75) is 0 Å². The summed E-state index contributed by atoms with van der Waals surface area (Å²) < 4.78 is 12.4. The third-order valence-corrected chi connectivity index (χ3v) is 2.85. The Morgan fingerprint density at radius 3 is 2.94 bits per heavy atom. The Morgan fingerprint density at radius 1 is 1.35 bits per heavy atom. The molecular weight excluding hydrogens is 220 g/mol. The summed E-state index contributed by atoms with van der Waals surface area (Å²) in [4.78, 5) is 11.0. The number of ether oxygens (including phenoxy) is 2. The molecular formula is C11H14N4O2. The van der Waals surface area contributed by atoms with Crippen LogP contribution in [0.5, 0.6) is 5.88 Å². The number of morpholine rings is 1. The highest BCUT2D eigenvalue weighted by atomic mass is 16.5. The number of hydrogen-bond donors (Lipinski definition) is 0. The molecule has 2 aromatic rings. The SMILES string of the molecule is COc1cn2ccnc(N3CCOCC3)c2n1. The van der Waals surface area contributed by atoms with Crippen molar-refractivity contribution >= 4 is 11.5 Å². The molecule has 0 amide bonds. The van der Waals surface area contributed by atoms with Gasteiger partial charge in [-0.1, -0.05) is 0 Å². The van der Waals surface area contributed by atoms with Gasteiger partial charge in [0.2, 0.25) is 5.88 Å². The minimum atomic E-state index is 0.604. The average Bonchev–Trinajstić information content (AvgIpc) is 2.82. The van der Waals surface area contributed by atoms with E-state index in [1.54, 1.807) is 13.3 Å². The predicted octanol–water partition coefficient (Wildman–Crippen LogP) is 0.574. The highest BCUT2D eigenvalue weighted by Crippen LogP contribution is 2.21. The van der Waals surface area contributed by atoms with E-state index in [9.17, 15) is 0 Å². The summed E-state index contributed by atoms with van der Waals surface area (Å²) in [5.41, 5.74) is 0.825. The fraction of sp³-hybridized carbons (Fsp3) is 0.455. The van der Waals surface area contributed by atoms with Crippen LogP contribution in [0.2, 0.25) is 0 Å². The first-order valence-corrected chi connectivity index (χ1v) is 5.59. The zero-order valence-corrected chi connectivity index (χ0v) is 9.67. The molecule has 90 valence electrons. The van der Waals surface area contributed by atoms with Gasteiger partial charge in [-0.15, -0.1) is 0 Å². The molecule has 1 saturated heterocycles. The molecule has 1 aliphatic heterocycles. The van der Waals surface area contributed by atoms with Crippen LogP contribution in [-0.2, 0) is 4.74 Å². The fourth-order valence-electron chi connectivity index (χ4n) is 1.98. The van der Waals surface area contributed by atoms with E-state index >= 15 is 0 Å². The molecule has 0 aromatic carbocycles. The van der Waals surface area contributed by atoms with Crippen LogP contribution in [0.3, 0.4) is 0 Å². The molecule has 0 radical (unpaired) electrons. The second-order valence-electron chi connectivity index (χ2n) is 3.86. The lowest BCUT2D eigenvalue weighted by atomic mass is 10.4. The summed E-state index contributed by atoms with van der Waals surface area (Å²) in [6.45, 7) is 3.17. The van der Waals surface area contributed by atoms with Crippen molar-refractivity contribution in [3.63, 3.8) is 0 Å². The molecule has 3 heterocycles. The van der Waals surface area contributed by atoms with Crippen molar-refractivity contribution in [1.82, 2.24) is 14.4 Å². The van der Waals surface area contributed by atoms with Gasteiger partial charge in [0.1, 0.15) is 0 Å². The zero-order valence-electron chi connectivity index (χ0n) is 9.67. The zero-order chi connectivity index (χ0) is 11.7. The molecule has 0 atom stereocenters. The lowest BCUT2D eigenvalue weighted by molar-refractivity contribution is 0.122. The normalized spacial score (nSPS) is 16.4. The van der Waals surface area contributed by atoms with E-state index in [2.05, 4.69) is 14.9 Å². The second kappa shape index (κ2) is 4.21. The first-order valence-electron chi connectivity index (χ1n) is 5.59. The number of nitrogens with zero attached hydrogens (tertiary/aromatic N) is 4. The van der Waals surface area contributed by atoms with Crippen molar-refractivity contribution in [2.75, 3.05) is 38.3 Å². The minimum absolute atomic E-state index is 0.604. The smallest absolute Gasteiger partial charge is 0.232 e. The number of rotatable bonds is 2. The summed E-state index contributed by atoms with van der Waals surface area (Å²) in [5.74, 6) is 1.49. The van der Waals surface area contributed by atoms with Crippen LogP contribution in [0.15, 0.2) is 18.6 Å². The molecule has 0 spiro atoms. The molecule has 6 heteroatoms. The van der Waals surface area contributed by atoms with Crippen molar-refractivity contribution in [3.05, 3.63) is 18.6 Å². The molecule has 0 aliphatic carbocycles. The molecule has 0 bridgehead atoms. The molecule has 17 heavy (non-hydrogen) atoms. The predicted molar refractivity (Wildman–Crippen MR) is 62.6 cm³/mol. The van der Waals surface area contributed by atoms with Crippen molar-refractivity contribution in [2.24, 2.45) is 0 Å². The molecule has 3 rings (SSSR count). The van der Waals surface area contributed by atoms with Gasteiger partial charge in [0.05, 0.1) is 26.5 Å². The van der Waals surface area contributed by atoms with Crippen LogP contribution in [0.1, 0.15) is 0 Å². The quantitative estimate of drug-likeness (QED) is 0.760. The number of imidazole rings is 1. The van der Waals surface area contributed by atoms with Gasteiger partial charge in [-0.05, 0) is 0 Å². The van der Waals surface area contributed by atoms with Gasteiger partial charge in [0, 0.05) is 25.5 Å². The molecule has 0 N–H and O–H groups in total. The molecule has 0 unspecified atom stereocenters. The molecule has 6 nitrogen and oxygen atoms in total. The van der Waals surface area contributed by atoms with Crippen LogP contribution in [0.4, 0.5) is 5.82 Å². The van der Waals surface area contributed by atoms with E-state index in [-0.39, 0.29) is 0 Å². The largest absolute Gasteiger partial charge is 0.480 e. The van der Waals surface area contributed by atoms with Gasteiger partial charge >= 0.3 is 0 Å². The highest BCUT2D eigenvalue weighted by molar-refractivity contribution is 5.65. The minimum Gasteiger partial charge on any atom is -0.480 e. The Morgan fingerprint density at radius 2 is 2.18 bits per heavy atom. The highest BCUT2D eigenvalue weighted by Gasteiger charge is 2.17. The van der Waals surface area contributed by atoms with E-state index in [0.29, 0.717) is 5.88 Å². The lowest BCUT2D eigenvalue weighted by Crippen LogP contribution is -2.37. The van der Waals surface area contributed by atoms with Gasteiger partial charge < -0.3 is 14.4 Å². The molecule has 0 saturated carbocycles. The number of hydrogen-bond acceptors (Lipinski definition) is 5.